The fourth-order valence-electron chi connectivity index (χ4n) is 7.50. The van der Waals surface area contributed by atoms with Gasteiger partial charge in [0, 0.05) is 26.1 Å². The smallest absolute Gasteiger partial charge is 0.313 e. The molecule has 0 bridgehead atoms. The Balaban J connectivity index is 1.45. The summed E-state index contributed by atoms with van der Waals surface area (Å²) >= 11 is 6.64. The van der Waals surface area contributed by atoms with Crippen LogP contribution in [0, 0.1) is 18.8 Å². The molecule has 7 atom stereocenters. The summed E-state index contributed by atoms with van der Waals surface area (Å²) in [6, 6.07) is 12.9. The highest BCUT2D eigenvalue weighted by molar-refractivity contribution is 6.34. The van der Waals surface area contributed by atoms with Crippen molar-refractivity contribution in [1.29, 1.82) is 0 Å². The number of anilines is 1. The van der Waals surface area contributed by atoms with Crippen LogP contribution in [0.2, 0.25) is 5.02 Å². The van der Waals surface area contributed by atoms with Gasteiger partial charge in [-0.1, -0.05) is 78.4 Å². The maximum absolute atomic E-state index is 14.7. The number of unbranched alkanes of at least 4 members (excludes halogenated alkanes) is 1. The van der Waals surface area contributed by atoms with E-state index in [1.807, 2.05) is 49.4 Å². The lowest BCUT2D eigenvalue weighted by atomic mass is 9.77. The number of likely N-dealkylation sites (tertiary alicyclic amines) is 1. The molecule has 2 aromatic carbocycles. The number of cyclic esters (lactones) is 1. The third-order valence-electron chi connectivity index (χ3n) is 9.61. The van der Waals surface area contributed by atoms with Crippen molar-refractivity contribution in [2.75, 3.05) is 24.6 Å². The molecule has 0 unspecified atom stereocenters. The molecule has 10 nitrogen and oxygen atoms in total. The average Bonchev–Trinajstić information content (AvgIpc) is 3.43. The Hall–Kier alpha value is -3.99. The number of fused-ring (bicyclic) bond motifs is 2. The number of carbonyl (C=O) groups excluding carboxylic acids is 4. The van der Waals surface area contributed by atoms with E-state index in [-0.39, 0.29) is 43.8 Å². The van der Waals surface area contributed by atoms with E-state index < -0.39 is 47.7 Å². The zero-order chi connectivity index (χ0) is 33.3. The Morgan fingerprint density at radius 3 is 2.55 bits per heavy atom. The number of hydrogen-bond donors (Lipinski definition) is 2. The van der Waals surface area contributed by atoms with Crippen LogP contribution in [-0.4, -0.2) is 77.2 Å². The van der Waals surface area contributed by atoms with Crippen LogP contribution >= 0.6 is 11.6 Å². The Kier molecular flexibility index (Phi) is 9.55. The second-order valence-electron chi connectivity index (χ2n) is 12.7. The first-order valence-corrected chi connectivity index (χ1v) is 16.6. The monoisotopic (exact) mass is 661 g/mol. The van der Waals surface area contributed by atoms with Crippen molar-refractivity contribution in [2.45, 2.75) is 69.4 Å². The summed E-state index contributed by atoms with van der Waals surface area (Å²) in [7, 11) is 0. The molecule has 3 amide bonds. The van der Waals surface area contributed by atoms with Crippen molar-refractivity contribution in [1.82, 2.24) is 10.2 Å². The molecule has 2 N–H and O–H groups in total. The summed E-state index contributed by atoms with van der Waals surface area (Å²) < 4.78 is 13.0. The molecule has 4 aliphatic heterocycles. The number of rotatable bonds is 6. The van der Waals surface area contributed by atoms with Gasteiger partial charge in [0.2, 0.25) is 11.8 Å². The summed E-state index contributed by atoms with van der Waals surface area (Å²) in [5.74, 6) is -3.70. The summed E-state index contributed by atoms with van der Waals surface area (Å²) in [5, 5.41) is 12.9. The Labute approximate surface area is 279 Å². The van der Waals surface area contributed by atoms with Crippen molar-refractivity contribution in [2.24, 2.45) is 11.8 Å². The van der Waals surface area contributed by atoms with Crippen LogP contribution in [0.25, 0.3) is 0 Å². The summed E-state index contributed by atoms with van der Waals surface area (Å²) in [4.78, 5) is 59.5. The molecule has 6 rings (SSSR count). The zero-order valence-corrected chi connectivity index (χ0v) is 27.3. The van der Waals surface area contributed by atoms with Gasteiger partial charge in [-0.3, -0.25) is 19.2 Å². The number of esters is 1. The van der Waals surface area contributed by atoms with E-state index in [1.54, 1.807) is 42.2 Å². The van der Waals surface area contributed by atoms with Gasteiger partial charge in [0.1, 0.15) is 23.7 Å². The van der Waals surface area contributed by atoms with E-state index in [2.05, 4.69) is 5.32 Å². The van der Waals surface area contributed by atoms with Crippen molar-refractivity contribution in [3.05, 3.63) is 89.0 Å². The number of para-hydroxylation sites is 1. The number of ether oxygens (including phenoxy) is 2. The Morgan fingerprint density at radius 2 is 1.81 bits per heavy atom. The number of halogens is 1. The van der Waals surface area contributed by atoms with Crippen molar-refractivity contribution >= 4 is 41.0 Å². The predicted octanol–water partition coefficient (Wildman–Crippen LogP) is 4.04. The lowest BCUT2D eigenvalue weighted by Crippen LogP contribution is -2.55. The number of carbonyl (C=O) groups is 4. The molecular formula is C36H40ClN3O7. The molecule has 4 aliphatic rings. The number of hydrogen-bond acceptors (Lipinski definition) is 7. The van der Waals surface area contributed by atoms with Gasteiger partial charge in [0.15, 0.2) is 0 Å². The van der Waals surface area contributed by atoms with E-state index in [9.17, 15) is 24.3 Å². The standard InChI is InChI=1S/C36H40ClN3O7/c1-22-12-10-15-25(37)30(22)39-20-11-18-36-29(33(43)40(19-8-9-21-41)32(36)34(39)44)28-26(47-36)16-6-7-17-27(42)38-23(2)31(46-35(28)45)24-13-4-3-5-14-24/h3-6,10-16,18,23,26,28-29,31-32,41H,7-9,17,19-21H2,1-2H3,(H,38,42)/b16-6-/t23-,26-,28+,29+,31+,32-,36+/m1/s1. The van der Waals surface area contributed by atoms with Gasteiger partial charge in [-0.05, 0) is 50.3 Å². The molecule has 2 saturated heterocycles. The highest BCUT2D eigenvalue weighted by Gasteiger charge is 2.71. The summed E-state index contributed by atoms with van der Waals surface area (Å²) in [5.41, 5.74) is 0.570. The van der Waals surface area contributed by atoms with Gasteiger partial charge >= 0.3 is 5.97 Å². The second-order valence-corrected chi connectivity index (χ2v) is 13.1. The van der Waals surface area contributed by atoms with Gasteiger partial charge in [-0.15, -0.1) is 0 Å². The number of aryl methyl sites for hydroxylation is 1. The number of aliphatic hydroxyl groups is 1. The quantitative estimate of drug-likeness (QED) is 0.272. The van der Waals surface area contributed by atoms with Crippen molar-refractivity contribution < 1.29 is 33.8 Å². The third kappa shape index (κ3) is 5.98. The fraction of sp³-hybridized carbons (Fsp3) is 0.444. The van der Waals surface area contributed by atoms with Crippen LogP contribution < -0.4 is 10.2 Å². The first-order valence-electron chi connectivity index (χ1n) is 16.2. The van der Waals surface area contributed by atoms with Crippen LogP contribution in [-0.2, 0) is 28.7 Å². The number of aliphatic hydroxyl groups excluding tert-OH is 1. The van der Waals surface area contributed by atoms with Crippen LogP contribution in [0.4, 0.5) is 5.69 Å². The predicted molar refractivity (Wildman–Crippen MR) is 175 cm³/mol. The van der Waals surface area contributed by atoms with Crippen LogP contribution in [0.15, 0.2) is 72.8 Å². The van der Waals surface area contributed by atoms with E-state index >= 15 is 0 Å². The normalized spacial score (nSPS) is 31.6. The second kappa shape index (κ2) is 13.6. The number of allylic oxidation sites excluding steroid dienone is 1. The molecule has 0 saturated carbocycles. The minimum Gasteiger partial charge on any atom is -0.455 e. The average molecular weight is 662 g/mol. The summed E-state index contributed by atoms with van der Waals surface area (Å²) in [6.07, 6.45) is 6.85. The molecule has 2 aromatic rings. The number of nitrogens with one attached hydrogen (secondary N) is 1. The largest absolute Gasteiger partial charge is 0.455 e. The molecule has 0 radical (unpaired) electrons. The van der Waals surface area contributed by atoms with E-state index in [0.29, 0.717) is 35.5 Å². The third-order valence-corrected chi connectivity index (χ3v) is 9.91. The van der Waals surface area contributed by atoms with Gasteiger partial charge in [0.25, 0.3) is 5.91 Å². The first-order chi connectivity index (χ1) is 22.7. The molecule has 47 heavy (non-hydrogen) atoms. The molecule has 2 fully saturated rings. The summed E-state index contributed by atoms with van der Waals surface area (Å²) in [6.45, 7) is 3.97. The van der Waals surface area contributed by atoms with Crippen molar-refractivity contribution in [3.63, 3.8) is 0 Å². The van der Waals surface area contributed by atoms with Crippen molar-refractivity contribution in [3.8, 4) is 0 Å². The lowest BCUT2D eigenvalue weighted by Gasteiger charge is -2.36. The van der Waals surface area contributed by atoms with Gasteiger partial charge < -0.3 is 29.7 Å². The van der Waals surface area contributed by atoms with Crippen LogP contribution in [0.5, 0.6) is 0 Å². The van der Waals surface area contributed by atoms with Gasteiger partial charge in [-0.25, -0.2) is 0 Å². The van der Waals surface area contributed by atoms with Gasteiger partial charge in [-0.2, -0.15) is 0 Å². The molecular weight excluding hydrogens is 622 g/mol. The molecule has 11 heteroatoms. The van der Waals surface area contributed by atoms with Crippen LogP contribution in [0.1, 0.15) is 49.8 Å². The van der Waals surface area contributed by atoms with Gasteiger partial charge in [0.05, 0.1) is 28.8 Å². The maximum Gasteiger partial charge on any atom is 0.313 e. The molecule has 0 aromatic heterocycles. The Bertz CT molecular complexity index is 1580. The SMILES string of the molecule is Cc1cccc(Cl)c1N1CC=C[C@]23O[C@@H]4/C=C\CCC(=O)N[C@H](C)[C@@H](c5ccccc5)OC(=O)[C@@H]4[C@H]2C(=O)N(CCCCO)[C@@H]3C1=O. The molecule has 0 aliphatic carbocycles. The minimum atomic E-state index is -1.47. The van der Waals surface area contributed by atoms with E-state index in [4.69, 9.17) is 21.1 Å². The minimum absolute atomic E-state index is 0.0615. The van der Waals surface area contributed by atoms with E-state index in [0.717, 1.165) is 5.56 Å². The number of nitrogens with zero attached hydrogens (tertiary/aromatic N) is 2. The highest BCUT2D eigenvalue weighted by atomic mass is 35.5. The highest BCUT2D eigenvalue weighted by Crippen LogP contribution is 2.54. The maximum atomic E-state index is 14.7. The molecule has 1 spiro atoms. The van der Waals surface area contributed by atoms with E-state index in [1.165, 1.54) is 4.90 Å². The molecule has 248 valence electrons. The van der Waals surface area contributed by atoms with Crippen LogP contribution in [0.3, 0.4) is 0 Å². The number of benzene rings is 2. The zero-order valence-electron chi connectivity index (χ0n) is 26.5. The number of amides is 3. The Morgan fingerprint density at radius 1 is 1.02 bits per heavy atom. The first kappa shape index (κ1) is 32.9. The fourth-order valence-corrected chi connectivity index (χ4v) is 7.83. The lowest BCUT2D eigenvalue weighted by molar-refractivity contribution is -0.161. The molecule has 4 heterocycles. The topological polar surface area (TPSA) is 125 Å².